The first-order valence-electron chi connectivity index (χ1n) is 7.28. The number of methoxy groups -OCH3 is 2. The van der Waals surface area contributed by atoms with E-state index in [4.69, 9.17) is 13.9 Å². The Balaban J connectivity index is 1.99. The highest BCUT2D eigenvalue weighted by molar-refractivity contribution is 5.65. The van der Waals surface area contributed by atoms with Crippen molar-refractivity contribution in [3.63, 3.8) is 0 Å². The summed E-state index contributed by atoms with van der Waals surface area (Å²) in [7, 11) is 3.25. The van der Waals surface area contributed by atoms with E-state index in [0.29, 0.717) is 18.2 Å². The van der Waals surface area contributed by atoms with Crippen LogP contribution in [0.2, 0.25) is 0 Å². The quantitative estimate of drug-likeness (QED) is 0.723. The molecule has 0 aliphatic rings. The zero-order chi connectivity index (χ0) is 16.4. The molecular weight excluding hydrogens is 294 g/mol. The topological polar surface area (TPSA) is 62.3 Å². The average Bonchev–Trinajstić information content (AvgIpc) is 3.13. The first kappa shape index (κ1) is 15.1. The van der Waals surface area contributed by atoms with Gasteiger partial charge in [-0.3, -0.25) is 0 Å². The SMILES string of the molecule is COc1ccc(OC)c(-c2nc(Cn3ccnc3C)c(C)o2)c1. The molecule has 2 heterocycles. The van der Waals surface area contributed by atoms with E-state index in [0.717, 1.165) is 28.6 Å². The Kier molecular flexibility index (Phi) is 4.06. The second-order valence-corrected chi connectivity index (χ2v) is 5.19. The molecule has 0 bridgehead atoms. The highest BCUT2D eigenvalue weighted by atomic mass is 16.5. The lowest BCUT2D eigenvalue weighted by atomic mass is 10.2. The number of hydrogen-bond donors (Lipinski definition) is 0. The van der Waals surface area contributed by atoms with Crippen LogP contribution < -0.4 is 9.47 Å². The minimum absolute atomic E-state index is 0.519. The van der Waals surface area contributed by atoms with Gasteiger partial charge >= 0.3 is 0 Å². The normalized spacial score (nSPS) is 10.8. The number of benzene rings is 1. The van der Waals surface area contributed by atoms with E-state index in [-0.39, 0.29) is 0 Å². The number of nitrogens with zero attached hydrogens (tertiary/aromatic N) is 3. The number of oxazole rings is 1. The fourth-order valence-electron chi connectivity index (χ4n) is 2.40. The Bertz CT molecular complexity index is 820. The lowest BCUT2D eigenvalue weighted by Crippen LogP contribution is -2.02. The Morgan fingerprint density at radius 1 is 1.17 bits per heavy atom. The van der Waals surface area contributed by atoms with E-state index >= 15 is 0 Å². The summed E-state index contributed by atoms with van der Waals surface area (Å²) in [6.45, 7) is 4.49. The summed E-state index contributed by atoms with van der Waals surface area (Å²) in [5.41, 5.74) is 1.63. The molecule has 6 heteroatoms. The number of ether oxygens (including phenoxy) is 2. The number of imidazole rings is 1. The molecule has 6 nitrogen and oxygen atoms in total. The molecule has 0 atom stereocenters. The third kappa shape index (κ3) is 2.92. The van der Waals surface area contributed by atoms with Crippen LogP contribution in [0.25, 0.3) is 11.5 Å². The van der Waals surface area contributed by atoms with E-state index in [2.05, 4.69) is 9.97 Å². The lowest BCUT2D eigenvalue weighted by Gasteiger charge is -2.07. The highest BCUT2D eigenvalue weighted by Gasteiger charge is 2.17. The summed E-state index contributed by atoms with van der Waals surface area (Å²) >= 11 is 0. The maximum atomic E-state index is 5.85. The van der Waals surface area contributed by atoms with Crippen molar-refractivity contribution in [2.45, 2.75) is 20.4 Å². The standard InChI is InChI=1S/C17H19N3O3/c1-11-15(10-20-8-7-18-12(20)2)19-17(23-11)14-9-13(21-3)5-6-16(14)22-4/h5-9H,10H2,1-4H3. The zero-order valence-electron chi connectivity index (χ0n) is 13.7. The zero-order valence-corrected chi connectivity index (χ0v) is 13.7. The first-order chi connectivity index (χ1) is 11.1. The van der Waals surface area contributed by atoms with Crippen molar-refractivity contribution in [2.24, 2.45) is 0 Å². The molecule has 23 heavy (non-hydrogen) atoms. The smallest absolute Gasteiger partial charge is 0.230 e. The molecule has 1 aromatic carbocycles. The largest absolute Gasteiger partial charge is 0.497 e. The minimum atomic E-state index is 0.519. The Hall–Kier alpha value is -2.76. The molecule has 0 N–H and O–H groups in total. The van der Waals surface area contributed by atoms with Crippen LogP contribution in [0.4, 0.5) is 0 Å². The van der Waals surface area contributed by atoms with Crippen LogP contribution in [0.15, 0.2) is 35.0 Å². The van der Waals surface area contributed by atoms with E-state index in [1.165, 1.54) is 0 Å². The monoisotopic (exact) mass is 313 g/mol. The summed E-state index contributed by atoms with van der Waals surface area (Å²) in [5.74, 6) is 3.65. The van der Waals surface area contributed by atoms with E-state index in [1.807, 2.05) is 42.8 Å². The predicted octanol–water partition coefficient (Wildman–Crippen LogP) is 3.22. The number of hydrogen-bond acceptors (Lipinski definition) is 5. The lowest BCUT2D eigenvalue weighted by molar-refractivity contribution is 0.402. The molecule has 0 aliphatic carbocycles. The second kappa shape index (κ2) is 6.16. The van der Waals surface area contributed by atoms with E-state index < -0.39 is 0 Å². The number of aromatic nitrogens is 3. The molecule has 3 aromatic rings. The van der Waals surface area contributed by atoms with E-state index in [1.54, 1.807) is 20.4 Å². The number of aryl methyl sites for hydroxylation is 2. The van der Waals surface area contributed by atoms with Gasteiger partial charge in [-0.15, -0.1) is 0 Å². The molecule has 0 radical (unpaired) electrons. The molecule has 2 aromatic heterocycles. The Morgan fingerprint density at radius 3 is 2.65 bits per heavy atom. The van der Waals surface area contributed by atoms with Gasteiger partial charge in [-0.2, -0.15) is 0 Å². The molecule has 0 fully saturated rings. The van der Waals surface area contributed by atoms with Gasteiger partial charge in [-0.05, 0) is 32.0 Å². The Morgan fingerprint density at radius 2 is 2.00 bits per heavy atom. The van der Waals surface area contributed by atoms with Crippen LogP contribution in [-0.4, -0.2) is 28.8 Å². The van der Waals surface area contributed by atoms with Crippen molar-refractivity contribution < 1.29 is 13.9 Å². The first-order valence-corrected chi connectivity index (χ1v) is 7.28. The second-order valence-electron chi connectivity index (χ2n) is 5.19. The summed E-state index contributed by atoms with van der Waals surface area (Å²) in [6.07, 6.45) is 3.70. The van der Waals surface area contributed by atoms with Gasteiger partial charge in [0, 0.05) is 12.4 Å². The van der Waals surface area contributed by atoms with Crippen LogP contribution in [0.5, 0.6) is 11.5 Å². The van der Waals surface area contributed by atoms with Gasteiger partial charge in [0.25, 0.3) is 0 Å². The van der Waals surface area contributed by atoms with Crippen LogP contribution in [-0.2, 0) is 6.54 Å². The van der Waals surface area contributed by atoms with Crippen molar-refractivity contribution in [3.05, 3.63) is 47.9 Å². The predicted molar refractivity (Wildman–Crippen MR) is 85.8 cm³/mol. The maximum absolute atomic E-state index is 5.85. The summed E-state index contributed by atoms with van der Waals surface area (Å²) in [6, 6.07) is 5.54. The van der Waals surface area contributed by atoms with Crippen molar-refractivity contribution in [2.75, 3.05) is 14.2 Å². The summed E-state index contributed by atoms with van der Waals surface area (Å²) in [5, 5.41) is 0. The molecule has 0 unspecified atom stereocenters. The van der Waals surface area contributed by atoms with Crippen LogP contribution in [0, 0.1) is 13.8 Å². The van der Waals surface area contributed by atoms with Crippen LogP contribution >= 0.6 is 0 Å². The fraction of sp³-hybridized carbons (Fsp3) is 0.294. The van der Waals surface area contributed by atoms with Crippen LogP contribution in [0.3, 0.4) is 0 Å². The summed E-state index contributed by atoms with van der Waals surface area (Å²) < 4.78 is 18.6. The van der Waals surface area contributed by atoms with Crippen molar-refractivity contribution in [1.82, 2.24) is 14.5 Å². The van der Waals surface area contributed by atoms with Gasteiger partial charge in [0.05, 0.1) is 26.3 Å². The molecule has 120 valence electrons. The van der Waals surface area contributed by atoms with Gasteiger partial charge in [0.1, 0.15) is 28.8 Å². The third-order valence-corrected chi connectivity index (χ3v) is 3.77. The van der Waals surface area contributed by atoms with Gasteiger partial charge in [0.15, 0.2) is 0 Å². The maximum Gasteiger partial charge on any atom is 0.230 e. The van der Waals surface area contributed by atoms with Gasteiger partial charge in [-0.1, -0.05) is 0 Å². The highest BCUT2D eigenvalue weighted by Crippen LogP contribution is 2.33. The van der Waals surface area contributed by atoms with E-state index in [9.17, 15) is 0 Å². The summed E-state index contributed by atoms with van der Waals surface area (Å²) in [4.78, 5) is 8.85. The molecule has 3 rings (SSSR count). The fourth-order valence-corrected chi connectivity index (χ4v) is 2.40. The van der Waals surface area contributed by atoms with Gasteiger partial charge in [-0.25, -0.2) is 9.97 Å². The van der Waals surface area contributed by atoms with Gasteiger partial charge in [0.2, 0.25) is 5.89 Å². The molecule has 0 saturated carbocycles. The molecular formula is C17H19N3O3. The average molecular weight is 313 g/mol. The van der Waals surface area contributed by atoms with Crippen molar-refractivity contribution in [1.29, 1.82) is 0 Å². The van der Waals surface area contributed by atoms with Crippen LogP contribution in [0.1, 0.15) is 17.3 Å². The molecule has 0 amide bonds. The molecule has 0 saturated heterocycles. The third-order valence-electron chi connectivity index (χ3n) is 3.77. The number of rotatable bonds is 5. The van der Waals surface area contributed by atoms with Crippen molar-refractivity contribution in [3.8, 4) is 23.0 Å². The molecule has 0 spiro atoms. The van der Waals surface area contributed by atoms with Crippen molar-refractivity contribution >= 4 is 0 Å². The van der Waals surface area contributed by atoms with Gasteiger partial charge < -0.3 is 18.5 Å². The minimum Gasteiger partial charge on any atom is -0.497 e. The molecule has 0 aliphatic heterocycles. The Labute approximate surface area is 134 Å².